The average molecular weight is 249 g/mol. The minimum absolute atomic E-state index is 0.591. The van der Waals surface area contributed by atoms with Gasteiger partial charge in [0.2, 0.25) is 0 Å². The maximum atomic E-state index is 5.80. The molecule has 0 aromatic carbocycles. The third-order valence-corrected chi connectivity index (χ3v) is 3.28. The summed E-state index contributed by atoms with van der Waals surface area (Å²) in [4.78, 5) is 8.43. The van der Waals surface area contributed by atoms with Crippen molar-refractivity contribution in [2.45, 2.75) is 25.8 Å². The molecule has 3 rings (SSSR count). The molecule has 0 fully saturated rings. The third-order valence-electron chi connectivity index (χ3n) is 3.11. The first-order chi connectivity index (χ1) is 8.40. The molecule has 0 N–H and O–H groups in total. The van der Waals surface area contributed by atoms with Crippen LogP contribution in [0.25, 0.3) is 11.4 Å². The van der Waals surface area contributed by atoms with Crippen LogP contribution in [0.5, 0.6) is 0 Å². The smallest absolute Gasteiger partial charge is 0.116 e. The minimum Gasteiger partial charge on any atom is -0.267 e. The van der Waals surface area contributed by atoms with Crippen molar-refractivity contribution in [3.8, 4) is 11.4 Å². The summed E-state index contributed by atoms with van der Waals surface area (Å²) in [7, 11) is 0. The number of aryl methyl sites for hydroxylation is 1. The van der Waals surface area contributed by atoms with E-state index in [4.69, 9.17) is 11.6 Å². The van der Waals surface area contributed by atoms with Gasteiger partial charge in [-0.25, -0.2) is 0 Å². The Hall–Kier alpha value is -1.42. The van der Waals surface area contributed by atoms with Gasteiger partial charge in [0.1, 0.15) is 11.4 Å². The van der Waals surface area contributed by atoms with E-state index in [1.807, 2.05) is 4.68 Å². The lowest BCUT2D eigenvalue weighted by Gasteiger charge is -2.01. The summed E-state index contributed by atoms with van der Waals surface area (Å²) in [6, 6.07) is 0. The van der Waals surface area contributed by atoms with E-state index in [1.54, 1.807) is 18.6 Å². The van der Waals surface area contributed by atoms with Gasteiger partial charge in [-0.15, -0.1) is 11.6 Å². The first kappa shape index (κ1) is 10.7. The van der Waals surface area contributed by atoms with Crippen molar-refractivity contribution in [3.63, 3.8) is 0 Å². The van der Waals surface area contributed by atoms with Gasteiger partial charge in [0.15, 0.2) is 0 Å². The van der Waals surface area contributed by atoms with Gasteiger partial charge < -0.3 is 0 Å². The molecule has 0 bridgehead atoms. The number of aromatic nitrogens is 4. The standard InChI is InChI=1S/C12H13ClN4/c13-4-7-17-11-3-1-2-9(11)12(16-17)10-8-14-5-6-15-10/h5-6,8H,1-4,7H2. The summed E-state index contributed by atoms with van der Waals surface area (Å²) in [6.07, 6.45) is 8.54. The first-order valence-corrected chi connectivity index (χ1v) is 6.34. The van der Waals surface area contributed by atoms with Crippen LogP contribution in [0.4, 0.5) is 0 Å². The summed E-state index contributed by atoms with van der Waals surface area (Å²) < 4.78 is 2.03. The number of hydrogen-bond acceptors (Lipinski definition) is 3. The molecule has 0 spiro atoms. The summed E-state index contributed by atoms with van der Waals surface area (Å²) >= 11 is 5.80. The largest absolute Gasteiger partial charge is 0.267 e. The van der Waals surface area contributed by atoms with Gasteiger partial charge in [-0.2, -0.15) is 5.10 Å². The molecular weight excluding hydrogens is 236 g/mol. The van der Waals surface area contributed by atoms with E-state index >= 15 is 0 Å². The van der Waals surface area contributed by atoms with E-state index in [-0.39, 0.29) is 0 Å². The fourth-order valence-electron chi connectivity index (χ4n) is 2.40. The molecule has 4 nitrogen and oxygen atoms in total. The topological polar surface area (TPSA) is 43.6 Å². The van der Waals surface area contributed by atoms with Gasteiger partial charge in [0.05, 0.1) is 12.7 Å². The molecule has 0 unspecified atom stereocenters. The fraction of sp³-hybridized carbons (Fsp3) is 0.417. The van der Waals surface area contributed by atoms with Crippen LogP contribution in [0.15, 0.2) is 18.6 Å². The van der Waals surface area contributed by atoms with Crippen LogP contribution in [-0.2, 0) is 19.4 Å². The van der Waals surface area contributed by atoms with Crippen molar-refractivity contribution in [2.75, 3.05) is 5.88 Å². The average Bonchev–Trinajstić information content (AvgIpc) is 2.94. The van der Waals surface area contributed by atoms with Crippen molar-refractivity contribution < 1.29 is 0 Å². The number of fused-ring (bicyclic) bond motifs is 1. The van der Waals surface area contributed by atoms with Crippen LogP contribution in [0.3, 0.4) is 0 Å². The van der Waals surface area contributed by atoms with Crippen LogP contribution in [0.1, 0.15) is 17.7 Å². The Kier molecular flexibility index (Phi) is 2.81. The molecule has 0 aliphatic heterocycles. The van der Waals surface area contributed by atoms with Gasteiger partial charge in [0, 0.05) is 29.5 Å². The highest BCUT2D eigenvalue weighted by molar-refractivity contribution is 6.17. The molecule has 1 aliphatic carbocycles. The molecule has 0 saturated carbocycles. The Morgan fingerprint density at radius 1 is 1.29 bits per heavy atom. The molecule has 17 heavy (non-hydrogen) atoms. The van der Waals surface area contributed by atoms with Crippen molar-refractivity contribution in [1.29, 1.82) is 0 Å². The second kappa shape index (κ2) is 4.45. The second-order valence-electron chi connectivity index (χ2n) is 4.13. The molecule has 1 aliphatic rings. The van der Waals surface area contributed by atoms with Crippen LogP contribution in [-0.4, -0.2) is 25.6 Å². The van der Waals surface area contributed by atoms with E-state index in [1.165, 1.54) is 17.7 Å². The fourth-order valence-corrected chi connectivity index (χ4v) is 2.56. The predicted molar refractivity (Wildman–Crippen MR) is 66.0 cm³/mol. The molecule has 0 saturated heterocycles. The molecule has 2 aromatic heterocycles. The summed E-state index contributed by atoms with van der Waals surface area (Å²) in [5, 5.41) is 4.62. The summed E-state index contributed by atoms with van der Waals surface area (Å²) in [5.41, 5.74) is 4.50. The summed E-state index contributed by atoms with van der Waals surface area (Å²) in [6.45, 7) is 0.768. The van der Waals surface area contributed by atoms with Gasteiger partial charge in [-0.1, -0.05) is 0 Å². The first-order valence-electron chi connectivity index (χ1n) is 5.81. The Balaban J connectivity index is 2.09. The number of hydrogen-bond donors (Lipinski definition) is 0. The van der Waals surface area contributed by atoms with Crippen molar-refractivity contribution in [1.82, 2.24) is 19.7 Å². The Morgan fingerprint density at radius 2 is 2.24 bits per heavy atom. The lowest BCUT2D eigenvalue weighted by atomic mass is 10.1. The molecule has 0 amide bonds. The van der Waals surface area contributed by atoms with E-state index in [0.29, 0.717) is 5.88 Å². The van der Waals surface area contributed by atoms with Crippen LogP contribution in [0.2, 0.25) is 0 Å². The van der Waals surface area contributed by atoms with E-state index < -0.39 is 0 Å². The zero-order chi connectivity index (χ0) is 11.7. The van der Waals surface area contributed by atoms with E-state index in [9.17, 15) is 0 Å². The third kappa shape index (κ3) is 1.82. The molecule has 88 valence electrons. The van der Waals surface area contributed by atoms with E-state index in [0.717, 1.165) is 30.8 Å². The maximum absolute atomic E-state index is 5.80. The van der Waals surface area contributed by atoms with Crippen LogP contribution in [0, 0.1) is 0 Å². The lowest BCUT2D eigenvalue weighted by Crippen LogP contribution is -2.05. The Labute approximate surface area is 105 Å². The number of nitrogens with zero attached hydrogens (tertiary/aromatic N) is 4. The SMILES string of the molecule is ClCCn1nc(-c2cnccn2)c2c1CCC2. The number of halogens is 1. The number of rotatable bonds is 3. The molecule has 0 atom stereocenters. The maximum Gasteiger partial charge on any atom is 0.116 e. The second-order valence-corrected chi connectivity index (χ2v) is 4.51. The number of alkyl halides is 1. The molecular formula is C12H13ClN4. The van der Waals surface area contributed by atoms with Crippen molar-refractivity contribution in [3.05, 3.63) is 29.8 Å². The quantitative estimate of drug-likeness (QED) is 0.781. The predicted octanol–water partition coefficient (Wildman–Crippen LogP) is 2.07. The molecule has 2 aromatic rings. The molecule has 2 heterocycles. The van der Waals surface area contributed by atoms with Crippen LogP contribution >= 0.6 is 11.6 Å². The molecule has 0 radical (unpaired) electrons. The van der Waals surface area contributed by atoms with Gasteiger partial charge in [0.25, 0.3) is 0 Å². The van der Waals surface area contributed by atoms with Gasteiger partial charge in [-0.3, -0.25) is 14.6 Å². The zero-order valence-electron chi connectivity index (χ0n) is 9.43. The monoisotopic (exact) mass is 248 g/mol. The van der Waals surface area contributed by atoms with E-state index in [2.05, 4.69) is 15.1 Å². The van der Waals surface area contributed by atoms with Crippen LogP contribution < -0.4 is 0 Å². The summed E-state index contributed by atoms with van der Waals surface area (Å²) in [5.74, 6) is 0.591. The highest BCUT2D eigenvalue weighted by Crippen LogP contribution is 2.30. The van der Waals surface area contributed by atoms with Crippen molar-refractivity contribution in [2.24, 2.45) is 0 Å². The van der Waals surface area contributed by atoms with Crippen molar-refractivity contribution >= 4 is 11.6 Å². The highest BCUT2D eigenvalue weighted by atomic mass is 35.5. The Morgan fingerprint density at radius 3 is 3.00 bits per heavy atom. The minimum atomic E-state index is 0.591. The molecule has 5 heteroatoms. The highest BCUT2D eigenvalue weighted by Gasteiger charge is 2.23. The zero-order valence-corrected chi connectivity index (χ0v) is 10.2. The Bertz CT molecular complexity index is 521. The normalized spacial score (nSPS) is 13.9. The van der Waals surface area contributed by atoms with Gasteiger partial charge in [-0.05, 0) is 19.3 Å². The van der Waals surface area contributed by atoms with Gasteiger partial charge >= 0.3 is 0 Å². The lowest BCUT2D eigenvalue weighted by molar-refractivity contribution is 0.627.